The molecule has 4 aliphatic rings. The summed E-state index contributed by atoms with van der Waals surface area (Å²) in [5, 5.41) is 74.7. The maximum atomic E-state index is 14.3. The van der Waals surface area contributed by atoms with Crippen LogP contribution in [0.4, 0.5) is 0 Å². The summed E-state index contributed by atoms with van der Waals surface area (Å²) in [6.07, 6.45) is 1.53. The Morgan fingerprint density at radius 3 is 1.66 bits per heavy atom. The number of carbonyl (C=O) groups excluding carboxylic acids is 5. The van der Waals surface area contributed by atoms with E-state index in [4.69, 9.17) is 4.74 Å². The van der Waals surface area contributed by atoms with E-state index < -0.39 is 84.2 Å². The van der Waals surface area contributed by atoms with Crippen LogP contribution in [0, 0.1) is 12.8 Å². The molecule has 4 bridgehead atoms. The van der Waals surface area contributed by atoms with Gasteiger partial charge in [-0.1, -0.05) is 45.9 Å². The number of cyclic esters (lactones) is 1. The van der Waals surface area contributed by atoms with E-state index in [9.17, 15) is 54.6 Å². The van der Waals surface area contributed by atoms with Crippen LogP contribution in [0.15, 0.2) is 64.5 Å². The maximum absolute atomic E-state index is 14.3. The van der Waals surface area contributed by atoms with Crippen molar-refractivity contribution >= 4 is 29.8 Å². The summed E-state index contributed by atoms with van der Waals surface area (Å²) >= 11 is 0. The van der Waals surface area contributed by atoms with E-state index in [-0.39, 0.29) is 163 Å². The zero-order valence-electron chi connectivity index (χ0n) is 33.3. The van der Waals surface area contributed by atoms with E-state index in [1.807, 2.05) is 0 Å². The summed E-state index contributed by atoms with van der Waals surface area (Å²) in [6.45, 7) is 5.68. The topological polar surface area (TPSA) is 234 Å². The monoisotopic (exact) mass is 804 g/mol. The Labute approximate surface area is 412 Å². The third kappa shape index (κ3) is 6.87. The predicted molar refractivity (Wildman–Crippen MR) is 172 cm³/mol. The molecule has 3 atom stereocenters. The number of rotatable bonds is 14. The van der Waals surface area contributed by atoms with Crippen LogP contribution in [0.5, 0.6) is 5.75 Å². The van der Waals surface area contributed by atoms with E-state index in [2.05, 4.69) is 0 Å². The summed E-state index contributed by atoms with van der Waals surface area (Å²) in [5.74, 6) is -9.54. The van der Waals surface area contributed by atoms with Crippen LogP contribution >= 0.6 is 0 Å². The SMILES string of the molecule is Cc1c2cc(C(C)C)c(O)c1C2(N(CC(=O)[O-])CC(=O)[O-])C1(C2(N(CC(=O)[O-])CC(=O)[O-])c3cc(C(C)C)c(O)c2c3C)OC(=O)c2ccccc21.[Na+].[Na+].[Na+].[Na+]. The van der Waals surface area contributed by atoms with E-state index in [0.29, 0.717) is 22.3 Å². The normalized spacial score (nSPS) is 22.5. The van der Waals surface area contributed by atoms with Gasteiger partial charge in [-0.25, -0.2) is 4.79 Å². The molecule has 56 heavy (non-hydrogen) atoms. The van der Waals surface area contributed by atoms with Crippen molar-refractivity contribution in [3.8, 4) is 5.75 Å². The van der Waals surface area contributed by atoms with Crippen LogP contribution in [0.1, 0.15) is 78.7 Å². The first kappa shape index (κ1) is 50.7. The zero-order chi connectivity index (χ0) is 38.4. The number of fused-ring (bicyclic) bond motifs is 5. The van der Waals surface area contributed by atoms with Crippen molar-refractivity contribution in [3.05, 3.63) is 97.8 Å². The molecule has 18 heteroatoms. The first-order chi connectivity index (χ1) is 24.3. The summed E-state index contributed by atoms with van der Waals surface area (Å²) in [7, 11) is 0. The van der Waals surface area contributed by atoms with Crippen molar-refractivity contribution in [1.82, 2.24) is 9.80 Å². The molecule has 2 N–H and O–H groups in total. The summed E-state index contributed by atoms with van der Waals surface area (Å²) in [6, 6.07) is 7.39. The number of hydrogen-bond acceptors (Lipinski definition) is 14. The van der Waals surface area contributed by atoms with Crippen molar-refractivity contribution in [1.29, 1.82) is 0 Å². The average Bonchev–Trinajstić information content (AvgIpc) is 3.33. The molecule has 0 saturated carbocycles. The molecule has 6 rings (SSSR count). The first-order valence-electron chi connectivity index (χ1n) is 16.7. The largest absolute Gasteiger partial charge is 1.00 e. The second kappa shape index (κ2) is 18.0. The zero-order valence-corrected chi connectivity index (χ0v) is 41.3. The fourth-order valence-electron chi connectivity index (χ4n) is 9.30. The van der Waals surface area contributed by atoms with Crippen molar-refractivity contribution < 1.29 is 178 Å². The summed E-state index contributed by atoms with van der Waals surface area (Å²) in [5.41, 5.74) is -5.63. The molecular formula is C38H36N2Na4O12. The van der Waals surface area contributed by atoms with Crippen LogP contribution in [0.3, 0.4) is 0 Å². The molecule has 0 radical (unpaired) electrons. The van der Waals surface area contributed by atoms with Crippen LogP contribution in [0.25, 0.3) is 0 Å². The number of aliphatic carboxylic acids is 4. The molecule has 3 aliphatic carbocycles. The van der Waals surface area contributed by atoms with Crippen molar-refractivity contribution in [2.24, 2.45) is 5.92 Å². The van der Waals surface area contributed by atoms with Gasteiger partial charge in [-0.2, -0.15) is 0 Å². The number of benzene rings is 2. The molecular weight excluding hydrogens is 768 g/mol. The minimum atomic E-state index is -2.57. The number of ether oxygens (including phenoxy) is 1. The van der Waals surface area contributed by atoms with E-state index >= 15 is 0 Å². The maximum Gasteiger partial charge on any atom is 1.00 e. The Morgan fingerprint density at radius 1 is 0.750 bits per heavy atom. The number of phenolic OH excluding ortho intramolecular Hbond substituents is 1. The van der Waals surface area contributed by atoms with Gasteiger partial charge in [0.1, 0.15) is 22.6 Å². The first-order valence-corrected chi connectivity index (χ1v) is 16.7. The van der Waals surface area contributed by atoms with Crippen LogP contribution in [-0.2, 0) is 35.1 Å². The number of hydrogen-bond donors (Lipinski definition) is 2. The third-order valence-corrected chi connectivity index (χ3v) is 10.9. The van der Waals surface area contributed by atoms with Gasteiger partial charge in [0.25, 0.3) is 0 Å². The van der Waals surface area contributed by atoms with Crippen molar-refractivity contribution in [2.75, 3.05) is 26.2 Å². The quantitative estimate of drug-likeness (QED) is 0.133. The Balaban J connectivity index is 0.00000271. The number of esters is 1. The molecule has 1 heterocycles. The molecule has 14 nitrogen and oxygen atoms in total. The molecule has 0 fully saturated rings. The Kier molecular flexibility index (Phi) is 16.3. The van der Waals surface area contributed by atoms with Gasteiger partial charge in [0.2, 0.25) is 0 Å². The van der Waals surface area contributed by atoms with Crippen LogP contribution in [-0.4, -0.2) is 81.6 Å². The van der Waals surface area contributed by atoms with Gasteiger partial charge in [0.15, 0.2) is 5.60 Å². The van der Waals surface area contributed by atoms with Gasteiger partial charge < -0.3 is 54.6 Å². The number of nitrogens with zero attached hydrogens (tertiary/aromatic N) is 2. The Hall–Kier alpha value is -1.47. The number of aliphatic hydroxyl groups is 1. The Morgan fingerprint density at radius 2 is 1.23 bits per heavy atom. The number of phenols is 1. The van der Waals surface area contributed by atoms with Crippen LogP contribution < -0.4 is 139 Å². The molecule has 0 spiro atoms. The van der Waals surface area contributed by atoms with E-state index in [1.54, 1.807) is 41.5 Å². The van der Waals surface area contributed by atoms with Crippen molar-refractivity contribution in [3.63, 3.8) is 0 Å². The number of aromatic hydroxyl groups is 1. The number of carboxylic acid groups (broad SMARTS) is 4. The van der Waals surface area contributed by atoms with E-state index in [1.165, 1.54) is 36.4 Å². The molecule has 2 aromatic carbocycles. The summed E-state index contributed by atoms with van der Waals surface area (Å²) < 4.78 is 6.59. The van der Waals surface area contributed by atoms with Gasteiger partial charge in [-0.05, 0) is 77.3 Å². The fraction of sp³-hybridized carbons (Fsp3) is 0.395. The number of aryl methyl sites for hydroxylation is 1. The number of carbonyl (C=O) groups is 5. The number of carboxylic acids is 4. The van der Waals surface area contributed by atoms with Gasteiger partial charge in [0.05, 0.1) is 29.4 Å². The van der Waals surface area contributed by atoms with E-state index in [0.717, 1.165) is 9.80 Å². The van der Waals surface area contributed by atoms with Gasteiger partial charge in [-0.3, -0.25) is 9.80 Å². The van der Waals surface area contributed by atoms with Crippen molar-refractivity contribution in [2.45, 2.75) is 64.1 Å². The second-order valence-corrected chi connectivity index (χ2v) is 14.3. The molecule has 3 unspecified atom stereocenters. The standard InChI is InChI=1S/C38H40N2O12.4Na/c1-17(2)22-11-25-19(5)31(33(22)49)36(25,39(13-27(41)42)14-28(43)44)38(24-10-8-7-9-21(24)35(51)52-38)37(40(15-29(45)46)16-30(47)48)26-12-23(18(3)4)34(50)32(37)20(26)6;;;;/h7-12,17-18,49-50H,13-16H2,1-6H3,(H,41,42)(H,43,44)(H,45,46)(H,47,48);;;;/q;4*+1/p-4. The third-order valence-electron chi connectivity index (χ3n) is 10.9. The minimum absolute atomic E-state index is 0. The van der Waals surface area contributed by atoms with Gasteiger partial charge in [0, 0.05) is 42.9 Å². The molecule has 0 saturated heterocycles. The second-order valence-electron chi connectivity index (χ2n) is 14.3. The minimum Gasteiger partial charge on any atom is -0.549 e. The number of aliphatic hydroxyl groups excluding tert-OH is 1. The molecule has 0 aromatic heterocycles. The smallest absolute Gasteiger partial charge is 0.549 e. The molecule has 2 aromatic rings. The Bertz CT molecular complexity index is 2080. The summed E-state index contributed by atoms with van der Waals surface area (Å²) in [4.78, 5) is 66.5. The molecule has 0 amide bonds. The van der Waals surface area contributed by atoms with Gasteiger partial charge >= 0.3 is 124 Å². The van der Waals surface area contributed by atoms with Gasteiger partial charge in [-0.15, -0.1) is 0 Å². The predicted octanol–water partition coefficient (Wildman–Crippen LogP) is -13.5. The average molecular weight is 805 g/mol. The molecule has 274 valence electrons. The number of allylic oxidation sites excluding steroid dienone is 2. The fourth-order valence-corrected chi connectivity index (χ4v) is 9.30. The molecule has 1 aliphatic heterocycles. The van der Waals surface area contributed by atoms with Crippen LogP contribution in [0.2, 0.25) is 0 Å².